The molecule has 2 aromatic carbocycles. The van der Waals surface area contributed by atoms with Gasteiger partial charge in [-0.25, -0.2) is 0 Å². The van der Waals surface area contributed by atoms with Gasteiger partial charge < -0.3 is 5.32 Å². The van der Waals surface area contributed by atoms with E-state index in [1.807, 2.05) is 0 Å². The molecule has 3 rings (SSSR count). The van der Waals surface area contributed by atoms with E-state index in [2.05, 4.69) is 54.7 Å². The number of benzene rings is 2. The van der Waals surface area contributed by atoms with Crippen LogP contribution in [0.15, 0.2) is 42.5 Å². The van der Waals surface area contributed by atoms with Crippen molar-refractivity contribution in [2.45, 2.75) is 38.8 Å². The van der Waals surface area contributed by atoms with Gasteiger partial charge in [-0.15, -0.1) is 0 Å². The molecular weight excluding hydrogens is 218 g/mol. The molecule has 94 valence electrons. The number of hydrogen-bond acceptors (Lipinski definition) is 1. The minimum absolute atomic E-state index is 0.719. The number of nitrogens with one attached hydrogen (secondary N) is 1. The van der Waals surface area contributed by atoms with Crippen LogP contribution in [0.1, 0.15) is 31.7 Å². The van der Waals surface area contributed by atoms with E-state index in [1.54, 1.807) is 0 Å². The van der Waals surface area contributed by atoms with Crippen molar-refractivity contribution in [1.82, 2.24) is 5.32 Å². The molecule has 0 radical (unpaired) electrons. The predicted octanol–water partition coefficient (Wildman–Crippen LogP) is 4.12. The average Bonchev–Trinajstić information content (AvgIpc) is 2.82. The fourth-order valence-corrected chi connectivity index (χ4v) is 3.05. The molecule has 0 heterocycles. The van der Waals surface area contributed by atoms with E-state index in [9.17, 15) is 0 Å². The minimum Gasteiger partial charge on any atom is -0.310 e. The quantitative estimate of drug-likeness (QED) is 0.849. The van der Waals surface area contributed by atoms with Gasteiger partial charge in [0, 0.05) is 12.6 Å². The van der Waals surface area contributed by atoms with E-state index in [0.717, 1.165) is 18.5 Å². The zero-order valence-electron chi connectivity index (χ0n) is 11.0. The second-order valence-electron chi connectivity index (χ2n) is 5.58. The van der Waals surface area contributed by atoms with Crippen LogP contribution in [0.4, 0.5) is 0 Å². The van der Waals surface area contributed by atoms with Crippen molar-refractivity contribution >= 4 is 10.8 Å². The molecule has 2 atom stereocenters. The second-order valence-corrected chi connectivity index (χ2v) is 5.58. The first-order valence-corrected chi connectivity index (χ1v) is 7.04. The van der Waals surface area contributed by atoms with Crippen LogP contribution >= 0.6 is 0 Å². The zero-order chi connectivity index (χ0) is 12.4. The number of rotatable bonds is 3. The van der Waals surface area contributed by atoms with Crippen LogP contribution in [0.5, 0.6) is 0 Å². The highest BCUT2D eigenvalue weighted by molar-refractivity contribution is 5.82. The van der Waals surface area contributed by atoms with Crippen LogP contribution in [0.3, 0.4) is 0 Å². The van der Waals surface area contributed by atoms with E-state index in [0.29, 0.717) is 0 Å². The summed E-state index contributed by atoms with van der Waals surface area (Å²) >= 11 is 0. The molecule has 0 spiro atoms. The zero-order valence-corrected chi connectivity index (χ0v) is 11.0. The summed E-state index contributed by atoms with van der Waals surface area (Å²) in [5, 5.41) is 6.39. The van der Waals surface area contributed by atoms with Crippen molar-refractivity contribution in [3.63, 3.8) is 0 Å². The van der Waals surface area contributed by atoms with E-state index in [4.69, 9.17) is 0 Å². The molecule has 0 amide bonds. The summed E-state index contributed by atoms with van der Waals surface area (Å²) in [6.07, 6.45) is 4.11. The summed E-state index contributed by atoms with van der Waals surface area (Å²) in [4.78, 5) is 0. The van der Waals surface area contributed by atoms with Gasteiger partial charge in [0.2, 0.25) is 0 Å². The molecule has 2 unspecified atom stereocenters. The summed E-state index contributed by atoms with van der Waals surface area (Å²) in [5.41, 5.74) is 1.40. The van der Waals surface area contributed by atoms with Crippen molar-refractivity contribution in [1.29, 1.82) is 0 Å². The third-order valence-corrected chi connectivity index (χ3v) is 4.24. The molecule has 0 saturated heterocycles. The summed E-state index contributed by atoms with van der Waals surface area (Å²) < 4.78 is 0. The summed E-state index contributed by atoms with van der Waals surface area (Å²) in [6, 6.07) is 16.1. The summed E-state index contributed by atoms with van der Waals surface area (Å²) in [7, 11) is 0. The molecule has 0 aromatic heterocycles. The van der Waals surface area contributed by atoms with E-state index < -0.39 is 0 Å². The van der Waals surface area contributed by atoms with E-state index in [1.165, 1.54) is 35.6 Å². The van der Waals surface area contributed by atoms with Gasteiger partial charge >= 0.3 is 0 Å². The van der Waals surface area contributed by atoms with Crippen LogP contribution < -0.4 is 5.32 Å². The minimum atomic E-state index is 0.719. The van der Waals surface area contributed by atoms with Crippen molar-refractivity contribution in [3.05, 3.63) is 48.0 Å². The van der Waals surface area contributed by atoms with Crippen LogP contribution in [-0.4, -0.2) is 6.04 Å². The SMILES string of the molecule is CC1CCCC1NCc1ccc2ccccc2c1. The maximum absolute atomic E-state index is 3.71. The van der Waals surface area contributed by atoms with Gasteiger partial charge in [0.15, 0.2) is 0 Å². The number of hydrogen-bond donors (Lipinski definition) is 1. The highest BCUT2D eigenvalue weighted by atomic mass is 14.9. The fourth-order valence-electron chi connectivity index (χ4n) is 3.05. The Kier molecular flexibility index (Phi) is 3.33. The molecule has 1 heteroatoms. The first-order valence-electron chi connectivity index (χ1n) is 7.04. The standard InChI is InChI=1S/C17H21N/c1-13-5-4-8-17(13)18-12-14-9-10-15-6-2-3-7-16(15)11-14/h2-3,6-7,9-11,13,17-18H,4-5,8,12H2,1H3. The smallest absolute Gasteiger partial charge is 0.0208 e. The largest absolute Gasteiger partial charge is 0.310 e. The van der Waals surface area contributed by atoms with Crippen molar-refractivity contribution < 1.29 is 0 Å². The molecule has 1 fully saturated rings. The Morgan fingerprint density at radius 1 is 1.06 bits per heavy atom. The maximum atomic E-state index is 3.71. The van der Waals surface area contributed by atoms with Gasteiger partial charge in [-0.3, -0.25) is 0 Å². The molecule has 1 nitrogen and oxygen atoms in total. The van der Waals surface area contributed by atoms with Crippen LogP contribution in [0.2, 0.25) is 0 Å². The van der Waals surface area contributed by atoms with Crippen LogP contribution in [-0.2, 0) is 6.54 Å². The Hall–Kier alpha value is -1.34. The topological polar surface area (TPSA) is 12.0 Å². The van der Waals surface area contributed by atoms with Crippen LogP contribution in [0.25, 0.3) is 10.8 Å². The van der Waals surface area contributed by atoms with Crippen molar-refractivity contribution in [2.75, 3.05) is 0 Å². The molecule has 1 saturated carbocycles. The molecule has 0 bridgehead atoms. The van der Waals surface area contributed by atoms with Gasteiger partial charge in [0.1, 0.15) is 0 Å². The van der Waals surface area contributed by atoms with Gasteiger partial charge in [-0.2, -0.15) is 0 Å². The lowest BCUT2D eigenvalue weighted by Crippen LogP contribution is -2.30. The Labute approximate surface area is 109 Å². The predicted molar refractivity (Wildman–Crippen MR) is 77.6 cm³/mol. The summed E-state index contributed by atoms with van der Waals surface area (Å²) in [5.74, 6) is 0.838. The average molecular weight is 239 g/mol. The normalized spacial score (nSPS) is 23.6. The van der Waals surface area contributed by atoms with Gasteiger partial charge in [0.05, 0.1) is 0 Å². The first-order chi connectivity index (χ1) is 8.83. The highest BCUT2D eigenvalue weighted by Gasteiger charge is 2.22. The Morgan fingerprint density at radius 3 is 2.67 bits per heavy atom. The monoisotopic (exact) mass is 239 g/mol. The molecule has 1 aliphatic carbocycles. The molecular formula is C17H21N. The fraction of sp³-hybridized carbons (Fsp3) is 0.412. The summed E-state index contributed by atoms with van der Waals surface area (Å²) in [6.45, 7) is 3.37. The molecule has 1 N–H and O–H groups in total. The molecule has 0 aliphatic heterocycles. The second kappa shape index (κ2) is 5.11. The third-order valence-electron chi connectivity index (χ3n) is 4.24. The molecule has 2 aromatic rings. The lowest BCUT2D eigenvalue weighted by molar-refractivity contribution is 0.426. The van der Waals surface area contributed by atoms with Gasteiger partial charge in [-0.1, -0.05) is 49.7 Å². The lowest BCUT2D eigenvalue weighted by atomic mass is 10.0. The van der Waals surface area contributed by atoms with Gasteiger partial charge in [-0.05, 0) is 41.2 Å². The molecule has 18 heavy (non-hydrogen) atoms. The highest BCUT2D eigenvalue weighted by Crippen LogP contribution is 2.25. The maximum Gasteiger partial charge on any atom is 0.0208 e. The Bertz CT molecular complexity index is 532. The van der Waals surface area contributed by atoms with Gasteiger partial charge in [0.25, 0.3) is 0 Å². The van der Waals surface area contributed by atoms with E-state index in [-0.39, 0.29) is 0 Å². The Balaban J connectivity index is 1.71. The van der Waals surface area contributed by atoms with Crippen molar-refractivity contribution in [2.24, 2.45) is 5.92 Å². The molecule has 1 aliphatic rings. The van der Waals surface area contributed by atoms with Crippen molar-refractivity contribution in [3.8, 4) is 0 Å². The Morgan fingerprint density at radius 2 is 1.89 bits per heavy atom. The van der Waals surface area contributed by atoms with Crippen LogP contribution in [0, 0.1) is 5.92 Å². The number of fused-ring (bicyclic) bond motifs is 1. The first kappa shape index (κ1) is 11.7. The lowest BCUT2D eigenvalue weighted by Gasteiger charge is -2.17. The van der Waals surface area contributed by atoms with E-state index >= 15 is 0 Å². The third kappa shape index (κ3) is 2.41.